The van der Waals surface area contributed by atoms with Crippen molar-refractivity contribution in [3.63, 3.8) is 0 Å². The number of nitrogens with one attached hydrogen (secondary N) is 1. The van der Waals surface area contributed by atoms with Gasteiger partial charge in [-0.2, -0.15) is 0 Å². The van der Waals surface area contributed by atoms with Crippen LogP contribution in [0.5, 0.6) is 0 Å². The van der Waals surface area contributed by atoms with Gasteiger partial charge in [0.2, 0.25) is 5.82 Å². The van der Waals surface area contributed by atoms with Gasteiger partial charge < -0.3 is 24.8 Å². The van der Waals surface area contributed by atoms with E-state index in [1.54, 1.807) is 18.2 Å². The number of hydrogen-bond acceptors (Lipinski definition) is 5. The quantitative estimate of drug-likeness (QED) is 0.0781. The van der Waals surface area contributed by atoms with Crippen LogP contribution in [0.25, 0.3) is 11.1 Å². The zero-order valence-corrected chi connectivity index (χ0v) is 25.5. The smallest absolute Gasteiger partial charge is 0.257 e. The number of aliphatic hydroxyl groups excluding tert-OH is 1. The minimum absolute atomic E-state index is 0.0573. The van der Waals surface area contributed by atoms with Gasteiger partial charge in [0.05, 0.1) is 18.8 Å². The van der Waals surface area contributed by atoms with Crippen LogP contribution < -0.4 is 5.32 Å². The van der Waals surface area contributed by atoms with Crippen LogP contribution in [0.3, 0.4) is 0 Å². The van der Waals surface area contributed by atoms with Gasteiger partial charge in [0.1, 0.15) is 5.56 Å². The Hall–Kier alpha value is -4.42. The average molecular weight is 653 g/mol. The maximum Gasteiger partial charge on any atom is 0.257 e. The van der Waals surface area contributed by atoms with E-state index in [-0.39, 0.29) is 25.4 Å². The van der Waals surface area contributed by atoms with Crippen molar-refractivity contribution in [3.05, 3.63) is 142 Å². The third kappa shape index (κ3) is 7.77. The van der Waals surface area contributed by atoms with E-state index >= 15 is 0 Å². The number of likely N-dealkylation sites (N-methyl/N-ethyl adjacent to an activating group) is 1. The van der Waals surface area contributed by atoms with Crippen molar-refractivity contribution in [1.29, 1.82) is 0 Å². The van der Waals surface area contributed by atoms with Crippen LogP contribution in [0.1, 0.15) is 51.4 Å². The molecule has 3 atom stereocenters. The molecule has 0 saturated carbocycles. The van der Waals surface area contributed by atoms with Gasteiger partial charge in [0.15, 0.2) is 29.6 Å². The molecule has 246 valence electrons. The molecule has 1 aliphatic rings. The summed E-state index contributed by atoms with van der Waals surface area (Å²) in [4.78, 5) is 14.6. The lowest BCUT2D eigenvalue weighted by Crippen LogP contribution is -2.37. The molecule has 1 aliphatic heterocycles. The first-order chi connectivity index (χ1) is 22.6. The van der Waals surface area contributed by atoms with E-state index in [1.165, 1.54) is 0 Å². The molecule has 1 saturated heterocycles. The van der Waals surface area contributed by atoms with Crippen molar-refractivity contribution in [2.75, 3.05) is 20.1 Å². The van der Waals surface area contributed by atoms with E-state index in [9.17, 15) is 31.9 Å². The lowest BCUT2D eigenvalue weighted by atomic mass is 9.98. The fraction of sp³-hybridized carbons (Fsp3) is 0.250. The number of hydrogen-bond donors (Lipinski definition) is 2. The molecule has 0 bridgehead atoms. The van der Waals surface area contributed by atoms with Gasteiger partial charge in [-0.05, 0) is 47.0 Å². The number of ether oxygens (including phenoxy) is 2. The number of carbonyl (C=O) groups excluding carboxylic acids is 1. The molecule has 0 aliphatic carbocycles. The normalized spacial score (nSPS) is 17.9. The second-order valence-corrected chi connectivity index (χ2v) is 11.3. The van der Waals surface area contributed by atoms with Gasteiger partial charge in [-0.3, -0.25) is 4.79 Å². The van der Waals surface area contributed by atoms with Crippen molar-refractivity contribution < 1.29 is 41.3 Å². The predicted octanol–water partition coefficient (Wildman–Crippen LogP) is 7.13. The standard InChI is InChI=1S/C36H33F5N2O4/c1-3-14-43(2)19-27-17-28(23-12-10-21(20-44)11-13-23)47-36(46-27)26-9-5-8-25(16-26)24-7-4-6-22(15-24)18-42-35(45)29-30(37)32(39)34(41)33(40)31(29)38/h3-13,15-16,27-28,36,44H,1,14,17-20H2,2H3,(H,42,45)/t27-,28+,36+/m1/s1. The van der Waals surface area contributed by atoms with Crippen LogP contribution in [-0.4, -0.2) is 42.2 Å². The highest BCUT2D eigenvalue weighted by molar-refractivity contribution is 5.94. The molecule has 6 nitrogen and oxygen atoms in total. The summed E-state index contributed by atoms with van der Waals surface area (Å²) < 4.78 is 81.7. The summed E-state index contributed by atoms with van der Waals surface area (Å²) >= 11 is 0. The molecule has 11 heteroatoms. The topological polar surface area (TPSA) is 71.0 Å². The molecule has 5 rings (SSSR count). The predicted molar refractivity (Wildman–Crippen MR) is 165 cm³/mol. The number of nitrogens with zero attached hydrogens (tertiary/aromatic N) is 1. The molecular weight excluding hydrogens is 619 g/mol. The fourth-order valence-corrected chi connectivity index (χ4v) is 5.48. The van der Waals surface area contributed by atoms with E-state index in [0.717, 1.165) is 27.8 Å². The SMILES string of the molecule is C=CCN(C)C[C@H]1C[C@@H](c2ccc(CO)cc2)O[C@@H](c2cccc(-c3cccc(CNC(=O)c4c(F)c(F)c(F)c(F)c4F)c3)c2)O1. The summed E-state index contributed by atoms with van der Waals surface area (Å²) in [6, 6.07) is 22.1. The molecule has 0 aromatic heterocycles. The van der Waals surface area contributed by atoms with Crippen molar-refractivity contribution in [3.8, 4) is 11.1 Å². The number of halogens is 5. The van der Waals surface area contributed by atoms with Crippen LogP contribution in [0.15, 0.2) is 85.5 Å². The van der Waals surface area contributed by atoms with E-state index < -0.39 is 46.8 Å². The second-order valence-electron chi connectivity index (χ2n) is 11.3. The van der Waals surface area contributed by atoms with Gasteiger partial charge in [0, 0.05) is 31.6 Å². The third-order valence-electron chi connectivity index (χ3n) is 7.88. The fourth-order valence-electron chi connectivity index (χ4n) is 5.48. The molecule has 2 N–H and O–H groups in total. The second kappa shape index (κ2) is 15.0. The number of aliphatic hydroxyl groups is 1. The largest absolute Gasteiger partial charge is 0.392 e. The summed E-state index contributed by atoms with van der Waals surface area (Å²) in [5, 5.41) is 11.7. The lowest BCUT2D eigenvalue weighted by molar-refractivity contribution is -0.252. The van der Waals surface area contributed by atoms with Crippen LogP contribution in [0, 0.1) is 29.1 Å². The number of amides is 1. The number of carbonyl (C=O) groups is 1. The molecule has 47 heavy (non-hydrogen) atoms. The maximum absolute atomic E-state index is 14.1. The van der Waals surface area contributed by atoms with Crippen LogP contribution in [0.4, 0.5) is 22.0 Å². The monoisotopic (exact) mass is 652 g/mol. The van der Waals surface area contributed by atoms with Gasteiger partial charge in [-0.15, -0.1) is 6.58 Å². The molecule has 1 amide bonds. The highest BCUT2D eigenvalue weighted by Crippen LogP contribution is 2.39. The zero-order chi connectivity index (χ0) is 33.7. The van der Waals surface area contributed by atoms with Crippen molar-refractivity contribution in [2.45, 2.75) is 38.1 Å². The molecule has 1 fully saturated rings. The van der Waals surface area contributed by atoms with Crippen LogP contribution >= 0.6 is 0 Å². The highest BCUT2D eigenvalue weighted by Gasteiger charge is 2.33. The molecule has 0 radical (unpaired) electrons. The Balaban J connectivity index is 1.35. The van der Waals surface area contributed by atoms with E-state index in [2.05, 4.69) is 16.8 Å². The molecule has 4 aromatic rings. The van der Waals surface area contributed by atoms with E-state index in [4.69, 9.17) is 9.47 Å². The minimum atomic E-state index is -2.33. The van der Waals surface area contributed by atoms with E-state index in [0.29, 0.717) is 25.1 Å². The average Bonchev–Trinajstić information content (AvgIpc) is 3.09. The summed E-state index contributed by atoms with van der Waals surface area (Å²) in [6.45, 7) is 4.85. The van der Waals surface area contributed by atoms with Gasteiger partial charge in [0.25, 0.3) is 5.91 Å². The molecule has 0 unspecified atom stereocenters. The van der Waals surface area contributed by atoms with Crippen molar-refractivity contribution in [2.24, 2.45) is 0 Å². The minimum Gasteiger partial charge on any atom is -0.392 e. The Labute approximate surface area is 269 Å². The number of benzene rings is 4. The Morgan fingerprint density at radius 1 is 0.872 bits per heavy atom. The van der Waals surface area contributed by atoms with Crippen molar-refractivity contribution in [1.82, 2.24) is 10.2 Å². The van der Waals surface area contributed by atoms with Gasteiger partial charge in [-0.25, -0.2) is 22.0 Å². The third-order valence-corrected chi connectivity index (χ3v) is 7.88. The van der Waals surface area contributed by atoms with Crippen molar-refractivity contribution >= 4 is 5.91 Å². The molecule has 0 spiro atoms. The Bertz CT molecular complexity index is 1720. The first-order valence-electron chi connectivity index (χ1n) is 14.9. The van der Waals surface area contributed by atoms with Gasteiger partial charge >= 0.3 is 0 Å². The maximum atomic E-state index is 14.1. The number of rotatable bonds is 11. The summed E-state index contributed by atoms with van der Waals surface area (Å²) in [5.74, 6) is -12.6. The lowest BCUT2D eigenvalue weighted by Gasteiger charge is -2.37. The van der Waals surface area contributed by atoms with E-state index in [1.807, 2.05) is 67.7 Å². The Kier molecular flexibility index (Phi) is 10.8. The molecule has 1 heterocycles. The Morgan fingerprint density at radius 2 is 1.51 bits per heavy atom. The first-order valence-corrected chi connectivity index (χ1v) is 14.9. The Morgan fingerprint density at radius 3 is 2.17 bits per heavy atom. The summed E-state index contributed by atoms with van der Waals surface area (Å²) in [7, 11) is 1.99. The van der Waals surface area contributed by atoms with Gasteiger partial charge in [-0.1, -0.05) is 66.7 Å². The molecule has 4 aromatic carbocycles. The van der Waals surface area contributed by atoms with Crippen LogP contribution in [0.2, 0.25) is 0 Å². The highest BCUT2D eigenvalue weighted by atomic mass is 19.2. The summed E-state index contributed by atoms with van der Waals surface area (Å²) in [6.07, 6.45) is 1.32. The molecular formula is C36H33F5N2O4. The zero-order valence-electron chi connectivity index (χ0n) is 25.5. The first kappa shape index (κ1) is 33.9. The van der Waals surface area contributed by atoms with Crippen LogP contribution in [-0.2, 0) is 22.6 Å². The summed E-state index contributed by atoms with van der Waals surface area (Å²) in [5.41, 5.74) is 3.03.